The van der Waals surface area contributed by atoms with Gasteiger partial charge >= 0.3 is 11.4 Å². The Morgan fingerprint density at radius 2 is 1.35 bits per heavy atom. The van der Waals surface area contributed by atoms with Crippen LogP contribution in [0.5, 0.6) is 0 Å². The average molecular weight is 292 g/mol. The van der Waals surface area contributed by atoms with Crippen molar-refractivity contribution in [2.75, 3.05) is 0 Å². The van der Waals surface area contributed by atoms with E-state index in [1.807, 2.05) is 13.8 Å². The maximum atomic E-state index is 12.4. The molecule has 3 rings (SSSR count). The summed E-state index contributed by atoms with van der Waals surface area (Å²) in [6, 6.07) is 6.67. The van der Waals surface area contributed by atoms with Gasteiger partial charge in [-0.15, -0.1) is 0 Å². The maximum Gasteiger partial charge on any atom is 0.352 e. The Balaban J connectivity index is 2.22. The monoisotopic (exact) mass is 291 g/mol. The van der Waals surface area contributed by atoms with Gasteiger partial charge in [0.05, 0.1) is 18.8 Å². The number of hydrogen-bond acceptors (Lipinski definition) is 2. The topological polar surface area (TPSA) is 48.9 Å². The molecule has 0 amide bonds. The van der Waals surface area contributed by atoms with Crippen molar-refractivity contribution in [1.82, 2.24) is 13.9 Å². The molecule has 20 heavy (non-hydrogen) atoms. The van der Waals surface area contributed by atoms with Crippen molar-refractivity contribution in [3.05, 3.63) is 61.4 Å². The summed E-state index contributed by atoms with van der Waals surface area (Å²) in [6.45, 7) is 4.88. The average Bonchev–Trinajstić information content (AvgIpc) is 2.65. The van der Waals surface area contributed by atoms with Crippen LogP contribution in [-0.4, -0.2) is 13.9 Å². The Morgan fingerprint density at radius 1 is 0.900 bits per heavy atom. The van der Waals surface area contributed by atoms with E-state index >= 15 is 0 Å². The molecule has 2 aromatic rings. The number of halogens is 1. The van der Waals surface area contributed by atoms with Crippen molar-refractivity contribution < 1.29 is 0 Å². The fourth-order valence-electron chi connectivity index (χ4n) is 2.36. The van der Waals surface area contributed by atoms with Crippen LogP contribution in [0.4, 0.5) is 0 Å². The summed E-state index contributed by atoms with van der Waals surface area (Å²) >= 11 is 5.84. The lowest BCUT2D eigenvalue weighted by Gasteiger charge is -2.18. The van der Waals surface area contributed by atoms with Crippen LogP contribution < -0.4 is 11.4 Å². The van der Waals surface area contributed by atoms with Gasteiger partial charge in [-0.1, -0.05) is 22.7 Å². The van der Waals surface area contributed by atoms with Gasteiger partial charge in [0.15, 0.2) is 0 Å². The zero-order valence-electron chi connectivity index (χ0n) is 11.3. The second-order valence-electron chi connectivity index (χ2n) is 5.05. The maximum absolute atomic E-state index is 12.4. The third kappa shape index (κ3) is 1.86. The predicted molar refractivity (Wildman–Crippen MR) is 77.7 cm³/mol. The molecule has 0 fully saturated rings. The second-order valence-corrected chi connectivity index (χ2v) is 5.49. The summed E-state index contributed by atoms with van der Waals surface area (Å²) in [7, 11) is 0. The van der Waals surface area contributed by atoms with E-state index in [-0.39, 0.29) is 11.4 Å². The third-order valence-corrected chi connectivity index (χ3v) is 3.95. The van der Waals surface area contributed by atoms with Crippen LogP contribution in [-0.2, 0) is 13.1 Å². The molecule has 5 nitrogen and oxygen atoms in total. The summed E-state index contributed by atoms with van der Waals surface area (Å²) in [5.41, 5.74) is 2.16. The molecule has 2 heterocycles. The quantitative estimate of drug-likeness (QED) is 0.752. The first-order valence-electron chi connectivity index (χ1n) is 6.33. The van der Waals surface area contributed by atoms with E-state index in [0.29, 0.717) is 23.8 Å². The van der Waals surface area contributed by atoms with Crippen molar-refractivity contribution in [2.45, 2.75) is 26.9 Å². The van der Waals surface area contributed by atoms with Gasteiger partial charge in [0.2, 0.25) is 0 Å². The molecular weight excluding hydrogens is 278 g/mol. The van der Waals surface area contributed by atoms with E-state index in [0.717, 1.165) is 11.1 Å². The van der Waals surface area contributed by atoms with E-state index in [1.54, 1.807) is 24.3 Å². The molecule has 0 atom stereocenters. The molecule has 6 heteroatoms. The number of benzene rings is 1. The van der Waals surface area contributed by atoms with E-state index in [2.05, 4.69) is 0 Å². The van der Waals surface area contributed by atoms with Gasteiger partial charge in [-0.2, -0.15) is 0 Å². The summed E-state index contributed by atoms with van der Waals surface area (Å²) < 4.78 is 4.15. The van der Waals surface area contributed by atoms with Gasteiger partial charge in [0.25, 0.3) is 0 Å². The van der Waals surface area contributed by atoms with Gasteiger partial charge < -0.3 is 0 Å². The van der Waals surface area contributed by atoms with Gasteiger partial charge in [-0.3, -0.25) is 0 Å². The molecule has 1 aromatic carbocycles. The number of nitrogens with zero attached hydrogens (tertiary/aromatic N) is 3. The minimum Gasteiger partial charge on any atom is -0.245 e. The zero-order valence-corrected chi connectivity index (χ0v) is 12.0. The smallest absolute Gasteiger partial charge is 0.245 e. The summed E-state index contributed by atoms with van der Waals surface area (Å²) in [4.78, 5) is 24.8. The van der Waals surface area contributed by atoms with E-state index in [4.69, 9.17) is 11.6 Å². The molecule has 1 aromatic heterocycles. The highest BCUT2D eigenvalue weighted by atomic mass is 35.5. The molecule has 0 N–H and O–H groups in total. The van der Waals surface area contributed by atoms with Crippen molar-refractivity contribution >= 4 is 11.6 Å². The van der Waals surface area contributed by atoms with Crippen LogP contribution >= 0.6 is 11.6 Å². The first-order valence-corrected chi connectivity index (χ1v) is 6.70. The molecular formula is C14H14ClN3O2. The highest BCUT2D eigenvalue weighted by Crippen LogP contribution is 2.14. The first kappa shape index (κ1) is 13.0. The normalized spacial score (nSPS) is 14.6. The fraction of sp³-hybridized carbons (Fsp3) is 0.286. The van der Waals surface area contributed by atoms with E-state index < -0.39 is 0 Å². The van der Waals surface area contributed by atoms with Gasteiger partial charge in [-0.25, -0.2) is 23.5 Å². The summed E-state index contributed by atoms with van der Waals surface area (Å²) in [5, 5.41) is 0.569. The highest BCUT2D eigenvalue weighted by molar-refractivity contribution is 6.30. The largest absolute Gasteiger partial charge is 0.352 e. The highest BCUT2D eigenvalue weighted by Gasteiger charge is 2.21. The third-order valence-electron chi connectivity index (χ3n) is 3.70. The molecule has 0 bridgehead atoms. The van der Waals surface area contributed by atoms with E-state index in [1.165, 1.54) is 13.9 Å². The van der Waals surface area contributed by atoms with Crippen LogP contribution in [0, 0.1) is 0 Å². The fourth-order valence-corrected chi connectivity index (χ4v) is 2.48. The van der Waals surface area contributed by atoms with Gasteiger partial charge in [0.1, 0.15) is 0 Å². The van der Waals surface area contributed by atoms with Crippen LogP contribution in [0.15, 0.2) is 45.0 Å². The van der Waals surface area contributed by atoms with Gasteiger partial charge in [0, 0.05) is 5.02 Å². The number of rotatable bonds is 1. The lowest BCUT2D eigenvalue weighted by Crippen LogP contribution is -2.31. The molecule has 0 saturated heterocycles. The number of hydrogen-bond donors (Lipinski definition) is 0. The standard InChI is InChI=1S/C14H14ClN3O2/c1-9-7-16-13(19)18(12-5-3-11(15)4-6-12)14(20)17(16)8-10(9)2/h3-6H,7-8H2,1-2H3. The van der Waals surface area contributed by atoms with Crippen molar-refractivity contribution in [3.63, 3.8) is 0 Å². The predicted octanol–water partition coefficient (Wildman–Crippen LogP) is 1.80. The van der Waals surface area contributed by atoms with Crippen LogP contribution in [0.1, 0.15) is 13.8 Å². The minimum atomic E-state index is -0.316. The Labute approximate surface area is 120 Å². The summed E-state index contributed by atoms with van der Waals surface area (Å²) in [5.74, 6) is 0. The van der Waals surface area contributed by atoms with Crippen molar-refractivity contribution in [2.24, 2.45) is 0 Å². The van der Waals surface area contributed by atoms with Crippen LogP contribution in [0.2, 0.25) is 5.02 Å². The molecule has 0 aliphatic carbocycles. The number of fused-ring (bicyclic) bond motifs is 1. The Hall–Kier alpha value is -2.01. The zero-order chi connectivity index (χ0) is 14.4. The summed E-state index contributed by atoms with van der Waals surface area (Å²) in [6.07, 6.45) is 0. The van der Waals surface area contributed by atoms with Crippen molar-refractivity contribution in [1.29, 1.82) is 0 Å². The van der Waals surface area contributed by atoms with E-state index in [9.17, 15) is 9.59 Å². The Bertz CT molecular complexity index is 776. The number of aromatic nitrogens is 3. The molecule has 0 saturated carbocycles. The Morgan fingerprint density at radius 3 is 1.80 bits per heavy atom. The molecule has 0 unspecified atom stereocenters. The molecule has 1 aliphatic rings. The lowest BCUT2D eigenvalue weighted by atomic mass is 10.1. The van der Waals surface area contributed by atoms with Crippen LogP contribution in [0.3, 0.4) is 0 Å². The molecule has 0 spiro atoms. The minimum absolute atomic E-state index is 0.316. The SMILES string of the molecule is CC1=C(C)Cn2c(=O)n(-c3ccc(Cl)cc3)c(=O)n2C1. The lowest BCUT2D eigenvalue weighted by molar-refractivity contribution is 0.453. The molecule has 1 aliphatic heterocycles. The molecule has 104 valence electrons. The number of allylic oxidation sites excluding steroid dienone is 2. The van der Waals surface area contributed by atoms with Crippen molar-refractivity contribution in [3.8, 4) is 5.69 Å². The Kier molecular flexibility index (Phi) is 2.94. The first-order chi connectivity index (χ1) is 9.49. The second kappa shape index (κ2) is 4.52. The van der Waals surface area contributed by atoms with Gasteiger partial charge in [-0.05, 0) is 38.1 Å². The molecule has 0 radical (unpaired) electrons. The van der Waals surface area contributed by atoms with Crippen LogP contribution in [0.25, 0.3) is 5.69 Å².